The lowest BCUT2D eigenvalue weighted by atomic mass is 9.80. The Hall–Kier alpha value is -6.42. The largest absolute Gasteiger partial charge is 0.439 e. The Bertz CT molecular complexity index is 2530. The van der Waals surface area contributed by atoms with Crippen molar-refractivity contribution in [2.24, 2.45) is 0 Å². The second-order valence-corrected chi connectivity index (χ2v) is 14.4. The van der Waals surface area contributed by atoms with Gasteiger partial charge in [-0.1, -0.05) is 72.8 Å². The first kappa shape index (κ1) is 37.5. The lowest BCUT2D eigenvalue weighted by Crippen LogP contribution is -2.59. The second-order valence-electron chi connectivity index (χ2n) is 14.4. The first-order valence-corrected chi connectivity index (χ1v) is 18.9. The minimum absolute atomic E-state index is 0. The number of fused-ring (bicyclic) bond motifs is 2. The summed E-state index contributed by atoms with van der Waals surface area (Å²) < 4.78 is 18.9. The lowest BCUT2D eigenvalue weighted by Gasteiger charge is -2.46. The topological polar surface area (TPSA) is 86.4 Å². The van der Waals surface area contributed by atoms with E-state index < -0.39 is 5.54 Å². The van der Waals surface area contributed by atoms with Gasteiger partial charge >= 0.3 is 0 Å². The van der Waals surface area contributed by atoms with Crippen molar-refractivity contribution in [2.45, 2.75) is 33.2 Å². The molecule has 9 nitrogen and oxygen atoms in total. The average Bonchev–Trinajstić information content (AvgIpc) is 3.74. The number of pyridine rings is 2. The van der Waals surface area contributed by atoms with Crippen LogP contribution < -0.4 is 14.8 Å². The van der Waals surface area contributed by atoms with Crippen LogP contribution in [0.15, 0.2) is 134 Å². The fourth-order valence-electron chi connectivity index (χ4n) is 8.40. The number of piperazine rings is 1. The van der Waals surface area contributed by atoms with E-state index in [2.05, 4.69) is 103 Å². The predicted octanol–water partition coefficient (Wildman–Crippen LogP) is 9.91. The first-order valence-electron chi connectivity index (χ1n) is 18.9. The maximum absolute atomic E-state index is 13.9. The Morgan fingerprint density at radius 3 is 1.46 bits per heavy atom. The van der Waals surface area contributed by atoms with E-state index in [1.54, 1.807) is 12.4 Å². The van der Waals surface area contributed by atoms with Gasteiger partial charge in [-0.15, -0.1) is 12.4 Å². The molecule has 0 bridgehead atoms. The van der Waals surface area contributed by atoms with Gasteiger partial charge in [0, 0.05) is 43.4 Å². The molecule has 0 aliphatic carbocycles. The molecule has 1 aliphatic rings. The van der Waals surface area contributed by atoms with Crippen molar-refractivity contribution in [3.05, 3.63) is 167 Å². The number of amides is 1. The van der Waals surface area contributed by atoms with Crippen molar-refractivity contribution in [1.82, 2.24) is 29.3 Å². The van der Waals surface area contributed by atoms with Gasteiger partial charge in [-0.25, -0.2) is 0 Å². The van der Waals surface area contributed by atoms with Crippen LogP contribution in [0.1, 0.15) is 33.4 Å². The van der Waals surface area contributed by atoms with E-state index in [4.69, 9.17) is 19.4 Å². The molecule has 57 heavy (non-hydrogen) atoms. The molecule has 0 radical (unpaired) electrons. The summed E-state index contributed by atoms with van der Waals surface area (Å²) >= 11 is 0. The summed E-state index contributed by atoms with van der Waals surface area (Å²) in [5, 5.41) is 3.71. The number of para-hydroxylation sites is 4. The number of halogens is 1. The van der Waals surface area contributed by atoms with E-state index in [0.717, 1.165) is 73.7 Å². The van der Waals surface area contributed by atoms with Crippen LogP contribution in [0.25, 0.3) is 33.4 Å². The van der Waals surface area contributed by atoms with Gasteiger partial charge in [0.15, 0.2) is 0 Å². The van der Waals surface area contributed by atoms with Crippen molar-refractivity contribution in [3.8, 4) is 34.6 Å². The number of aromatic nitrogens is 4. The average molecular weight is 775 g/mol. The summed E-state index contributed by atoms with van der Waals surface area (Å²) in [4.78, 5) is 26.0. The molecule has 0 saturated carbocycles. The molecular weight excluding hydrogens is 732 g/mol. The van der Waals surface area contributed by atoms with Gasteiger partial charge in [-0.2, -0.15) is 0 Å². The number of carbonyl (C=O) groups is 1. The van der Waals surface area contributed by atoms with Crippen molar-refractivity contribution in [1.29, 1.82) is 0 Å². The van der Waals surface area contributed by atoms with Crippen LogP contribution in [-0.2, 0) is 10.3 Å². The van der Waals surface area contributed by atoms with Gasteiger partial charge in [-0.05, 0) is 98.5 Å². The number of hydrogen-bond donors (Lipinski definition) is 1. The van der Waals surface area contributed by atoms with Crippen LogP contribution in [0, 0.1) is 27.7 Å². The fourth-order valence-corrected chi connectivity index (χ4v) is 8.40. The third-order valence-electron chi connectivity index (χ3n) is 11.0. The van der Waals surface area contributed by atoms with E-state index in [0.29, 0.717) is 42.4 Å². The van der Waals surface area contributed by atoms with E-state index in [9.17, 15) is 4.79 Å². The van der Waals surface area contributed by atoms with Crippen LogP contribution >= 0.6 is 12.4 Å². The Morgan fingerprint density at radius 2 is 1.04 bits per heavy atom. The Labute approximate surface area is 337 Å². The fraction of sp³-hybridized carbons (Fsp3) is 0.170. The highest BCUT2D eigenvalue weighted by Gasteiger charge is 2.52. The highest BCUT2D eigenvalue weighted by Crippen LogP contribution is 2.54. The van der Waals surface area contributed by atoms with Crippen LogP contribution in [-0.4, -0.2) is 50.0 Å². The third kappa shape index (κ3) is 6.11. The standard InChI is InChI=1S/C47H42N6O3.ClH/c1-31-15-11-16-32(2)43(31)55-45-39(41-37(23-13-25-49-41)52(45)35-19-7-5-8-20-35)47(29-48-27-28-51(47)30-54)40-42-38(24-14-26-50-42)53(36-21-9-6-10-22-36)46(40)56-44-33(3)17-12-18-34(44)4;/h5-26,30,48H,27-29H2,1-4H3;1H. The number of nitrogens with zero attached hydrogens (tertiary/aromatic N) is 5. The molecule has 0 unspecified atom stereocenters. The SMILES string of the molecule is Cc1cccc(C)c1Oc1c(C2(c3c(Oc4c(C)cccc4C)n(-c4ccccc4)c4cccnc34)CNCCN2C=O)c2ncccc2n1-c1ccccc1.Cl. The second kappa shape index (κ2) is 15.3. The zero-order valence-electron chi connectivity index (χ0n) is 32.3. The van der Waals surface area contributed by atoms with E-state index >= 15 is 0 Å². The van der Waals surface area contributed by atoms with Gasteiger partial charge in [0.1, 0.15) is 17.0 Å². The number of carbonyl (C=O) groups excluding carboxylic acids is 1. The predicted molar refractivity (Wildman–Crippen MR) is 228 cm³/mol. The van der Waals surface area contributed by atoms with Gasteiger partial charge < -0.3 is 19.7 Å². The monoisotopic (exact) mass is 774 g/mol. The summed E-state index contributed by atoms with van der Waals surface area (Å²) in [6.45, 7) is 9.55. The van der Waals surface area contributed by atoms with Crippen LogP contribution in [0.2, 0.25) is 0 Å². The molecule has 0 spiro atoms. The summed E-state index contributed by atoms with van der Waals surface area (Å²) in [6, 6.07) is 40.6. The molecule has 1 fully saturated rings. The minimum atomic E-state index is -1.25. The molecule has 10 heteroatoms. The number of nitrogens with one attached hydrogen (secondary N) is 1. The smallest absolute Gasteiger partial charge is 0.213 e. The van der Waals surface area contributed by atoms with Crippen LogP contribution in [0.3, 0.4) is 0 Å². The zero-order chi connectivity index (χ0) is 38.4. The summed E-state index contributed by atoms with van der Waals surface area (Å²) in [5.41, 5.74) is 8.99. The molecule has 1 saturated heterocycles. The zero-order valence-corrected chi connectivity index (χ0v) is 33.1. The first-order chi connectivity index (χ1) is 27.4. The van der Waals surface area contributed by atoms with Crippen LogP contribution in [0.4, 0.5) is 0 Å². The number of ether oxygens (including phenoxy) is 2. The molecule has 4 aromatic carbocycles. The summed E-state index contributed by atoms with van der Waals surface area (Å²) in [7, 11) is 0. The highest BCUT2D eigenvalue weighted by atomic mass is 35.5. The molecule has 8 aromatic rings. The van der Waals surface area contributed by atoms with Crippen molar-refractivity contribution >= 4 is 40.9 Å². The maximum Gasteiger partial charge on any atom is 0.213 e. The number of benzene rings is 4. The van der Waals surface area contributed by atoms with Crippen molar-refractivity contribution in [2.75, 3.05) is 19.6 Å². The van der Waals surface area contributed by atoms with Crippen LogP contribution in [0.5, 0.6) is 23.3 Å². The Balaban J connectivity index is 0.00000455. The molecular formula is C47H43ClN6O3. The molecule has 1 aliphatic heterocycles. The van der Waals surface area contributed by atoms with Gasteiger partial charge in [0.25, 0.3) is 0 Å². The Morgan fingerprint density at radius 1 is 0.596 bits per heavy atom. The van der Waals surface area contributed by atoms with Gasteiger partial charge in [0.2, 0.25) is 18.2 Å². The highest BCUT2D eigenvalue weighted by molar-refractivity contribution is 5.93. The quantitative estimate of drug-likeness (QED) is 0.147. The number of hydrogen-bond acceptors (Lipinski definition) is 6. The van der Waals surface area contributed by atoms with E-state index in [-0.39, 0.29) is 12.4 Å². The van der Waals surface area contributed by atoms with Crippen molar-refractivity contribution in [3.63, 3.8) is 0 Å². The molecule has 4 aromatic heterocycles. The molecule has 5 heterocycles. The molecule has 286 valence electrons. The minimum Gasteiger partial charge on any atom is -0.439 e. The molecule has 1 amide bonds. The van der Waals surface area contributed by atoms with Crippen molar-refractivity contribution < 1.29 is 14.3 Å². The molecule has 9 rings (SSSR count). The van der Waals surface area contributed by atoms with E-state index in [1.165, 1.54) is 0 Å². The lowest BCUT2D eigenvalue weighted by molar-refractivity contribution is -0.124. The maximum atomic E-state index is 13.9. The normalized spacial score (nSPS) is 13.7. The van der Waals surface area contributed by atoms with E-state index in [1.807, 2.05) is 65.6 Å². The Kier molecular flexibility index (Phi) is 10.0. The number of aryl methyl sites for hydroxylation is 4. The number of rotatable bonds is 9. The summed E-state index contributed by atoms with van der Waals surface area (Å²) in [5.74, 6) is 2.57. The van der Waals surface area contributed by atoms with Gasteiger partial charge in [0.05, 0.1) is 33.2 Å². The third-order valence-corrected chi connectivity index (χ3v) is 11.0. The summed E-state index contributed by atoms with van der Waals surface area (Å²) in [6.07, 6.45) is 4.56. The molecule has 1 N–H and O–H groups in total. The van der Waals surface area contributed by atoms with Gasteiger partial charge in [-0.3, -0.25) is 23.9 Å². The molecule has 0 atom stereocenters.